The molecule has 1 N–H and O–H groups in total. The van der Waals surface area contributed by atoms with Gasteiger partial charge < -0.3 is 5.32 Å². The SMILES string of the molecule is O=C(Nc1cc(Br)ccn1)c1sccc1Cl. The first-order valence-corrected chi connectivity index (χ1v) is 6.38. The van der Waals surface area contributed by atoms with Crippen molar-refractivity contribution in [3.63, 3.8) is 0 Å². The van der Waals surface area contributed by atoms with Crippen molar-refractivity contribution in [3.05, 3.63) is 44.1 Å². The summed E-state index contributed by atoms with van der Waals surface area (Å²) in [7, 11) is 0. The smallest absolute Gasteiger partial charge is 0.268 e. The van der Waals surface area contributed by atoms with Gasteiger partial charge in [-0.2, -0.15) is 0 Å². The molecular weight excluding hydrogens is 312 g/mol. The summed E-state index contributed by atoms with van der Waals surface area (Å²) in [5, 5.41) is 4.90. The van der Waals surface area contributed by atoms with Gasteiger partial charge in [0.2, 0.25) is 0 Å². The number of hydrogen-bond donors (Lipinski definition) is 1. The molecule has 0 saturated carbocycles. The minimum atomic E-state index is -0.245. The standard InChI is InChI=1S/C10H6BrClN2OS/c11-6-1-3-13-8(5-6)14-10(15)9-7(12)2-4-16-9/h1-5H,(H,13,14,15). The van der Waals surface area contributed by atoms with E-state index in [1.807, 2.05) is 0 Å². The molecule has 0 aliphatic carbocycles. The highest BCUT2D eigenvalue weighted by Gasteiger charge is 2.12. The average molecular weight is 318 g/mol. The fraction of sp³-hybridized carbons (Fsp3) is 0. The topological polar surface area (TPSA) is 42.0 Å². The molecule has 2 aromatic rings. The fourth-order valence-electron chi connectivity index (χ4n) is 1.10. The van der Waals surface area contributed by atoms with Crippen molar-refractivity contribution >= 4 is 50.6 Å². The van der Waals surface area contributed by atoms with Crippen molar-refractivity contribution in [1.82, 2.24) is 4.98 Å². The van der Waals surface area contributed by atoms with Crippen molar-refractivity contribution in [2.45, 2.75) is 0 Å². The Kier molecular flexibility index (Phi) is 3.58. The van der Waals surface area contributed by atoms with Crippen LogP contribution < -0.4 is 5.32 Å². The lowest BCUT2D eigenvalue weighted by Crippen LogP contribution is -2.11. The van der Waals surface area contributed by atoms with Crippen molar-refractivity contribution in [2.24, 2.45) is 0 Å². The summed E-state index contributed by atoms with van der Waals surface area (Å²) in [6, 6.07) is 5.20. The molecule has 2 aromatic heterocycles. The summed E-state index contributed by atoms with van der Waals surface area (Å²) < 4.78 is 0.857. The molecule has 0 radical (unpaired) electrons. The van der Waals surface area contributed by atoms with E-state index >= 15 is 0 Å². The van der Waals surface area contributed by atoms with Crippen molar-refractivity contribution in [2.75, 3.05) is 5.32 Å². The van der Waals surface area contributed by atoms with Crippen LogP contribution in [0.25, 0.3) is 0 Å². The normalized spacial score (nSPS) is 10.1. The van der Waals surface area contributed by atoms with Gasteiger partial charge in [-0.1, -0.05) is 27.5 Å². The summed E-state index contributed by atoms with van der Waals surface area (Å²) >= 11 is 10.5. The Labute approximate surface area is 110 Å². The van der Waals surface area contributed by atoms with Crippen LogP contribution in [0.1, 0.15) is 9.67 Å². The van der Waals surface area contributed by atoms with Crippen molar-refractivity contribution < 1.29 is 4.79 Å². The van der Waals surface area contributed by atoms with Crippen LogP contribution in [0.4, 0.5) is 5.82 Å². The number of carbonyl (C=O) groups excluding carboxylic acids is 1. The van der Waals surface area contributed by atoms with E-state index < -0.39 is 0 Å². The lowest BCUT2D eigenvalue weighted by Gasteiger charge is -2.02. The Balaban J connectivity index is 2.17. The first kappa shape index (κ1) is 11.6. The maximum absolute atomic E-state index is 11.8. The molecule has 0 saturated heterocycles. The van der Waals surface area contributed by atoms with Crippen LogP contribution in [0.3, 0.4) is 0 Å². The van der Waals surface area contributed by atoms with Crippen LogP contribution in [0.15, 0.2) is 34.2 Å². The second kappa shape index (κ2) is 4.95. The molecule has 1 amide bonds. The zero-order valence-electron chi connectivity index (χ0n) is 7.91. The van der Waals surface area contributed by atoms with E-state index in [2.05, 4.69) is 26.2 Å². The number of carbonyl (C=O) groups is 1. The number of anilines is 1. The molecule has 0 aliphatic rings. The minimum Gasteiger partial charge on any atom is -0.306 e. The fourth-order valence-corrected chi connectivity index (χ4v) is 2.47. The molecule has 6 heteroatoms. The Morgan fingerprint density at radius 3 is 2.94 bits per heavy atom. The molecule has 0 aromatic carbocycles. The summed E-state index contributed by atoms with van der Waals surface area (Å²) in [5.74, 6) is 0.245. The maximum atomic E-state index is 11.8. The first-order chi connectivity index (χ1) is 7.66. The van der Waals surface area contributed by atoms with Crippen LogP contribution >= 0.6 is 38.9 Å². The number of thiophene rings is 1. The molecule has 0 aliphatic heterocycles. The number of rotatable bonds is 2. The Morgan fingerprint density at radius 1 is 1.50 bits per heavy atom. The third-order valence-electron chi connectivity index (χ3n) is 1.79. The number of hydrogen-bond acceptors (Lipinski definition) is 3. The number of amides is 1. The quantitative estimate of drug-likeness (QED) is 0.915. The van der Waals surface area contributed by atoms with E-state index in [1.54, 1.807) is 29.8 Å². The second-order valence-electron chi connectivity index (χ2n) is 2.91. The average Bonchev–Trinajstić information content (AvgIpc) is 2.64. The maximum Gasteiger partial charge on any atom is 0.268 e. The van der Waals surface area contributed by atoms with Crippen LogP contribution in [-0.2, 0) is 0 Å². The number of nitrogens with one attached hydrogen (secondary N) is 1. The zero-order chi connectivity index (χ0) is 11.5. The number of pyridine rings is 1. The first-order valence-electron chi connectivity index (χ1n) is 4.33. The summed E-state index contributed by atoms with van der Waals surface area (Å²) in [6.07, 6.45) is 1.61. The van der Waals surface area contributed by atoms with Gasteiger partial charge in [0.05, 0.1) is 5.02 Å². The van der Waals surface area contributed by atoms with Crippen molar-refractivity contribution in [1.29, 1.82) is 0 Å². The molecule has 0 spiro atoms. The third-order valence-corrected chi connectivity index (χ3v) is 3.62. The van der Waals surface area contributed by atoms with E-state index in [1.165, 1.54) is 11.3 Å². The van der Waals surface area contributed by atoms with Crippen LogP contribution in [0, 0.1) is 0 Å². The Morgan fingerprint density at radius 2 is 2.31 bits per heavy atom. The number of nitrogens with zero attached hydrogens (tertiary/aromatic N) is 1. The highest BCUT2D eigenvalue weighted by atomic mass is 79.9. The van der Waals surface area contributed by atoms with E-state index in [0.717, 1.165) is 4.47 Å². The number of halogens is 2. The highest BCUT2D eigenvalue weighted by Crippen LogP contribution is 2.23. The molecular formula is C10H6BrClN2OS. The molecule has 3 nitrogen and oxygen atoms in total. The summed E-state index contributed by atoms with van der Waals surface area (Å²) in [6.45, 7) is 0. The summed E-state index contributed by atoms with van der Waals surface area (Å²) in [5.41, 5.74) is 0. The molecule has 82 valence electrons. The predicted octanol–water partition coefficient (Wildman–Crippen LogP) is 3.81. The van der Waals surface area contributed by atoms with Gasteiger partial charge >= 0.3 is 0 Å². The molecule has 16 heavy (non-hydrogen) atoms. The van der Waals surface area contributed by atoms with Crippen molar-refractivity contribution in [3.8, 4) is 0 Å². The Bertz CT molecular complexity index is 529. The molecule has 0 unspecified atom stereocenters. The van der Waals surface area contributed by atoms with Gasteiger partial charge in [0.25, 0.3) is 5.91 Å². The number of aromatic nitrogens is 1. The lowest BCUT2D eigenvalue weighted by molar-refractivity contribution is 0.103. The lowest BCUT2D eigenvalue weighted by atomic mass is 10.4. The summed E-state index contributed by atoms with van der Waals surface area (Å²) in [4.78, 5) is 16.3. The minimum absolute atomic E-state index is 0.245. The predicted molar refractivity (Wildman–Crippen MR) is 69.2 cm³/mol. The van der Waals surface area contributed by atoms with Gasteiger partial charge in [-0.05, 0) is 23.6 Å². The largest absolute Gasteiger partial charge is 0.306 e. The van der Waals surface area contributed by atoms with Gasteiger partial charge in [0.1, 0.15) is 10.7 Å². The molecule has 0 fully saturated rings. The molecule has 2 rings (SSSR count). The zero-order valence-corrected chi connectivity index (χ0v) is 11.1. The third kappa shape index (κ3) is 2.61. The van der Waals surface area contributed by atoms with Gasteiger partial charge in [-0.25, -0.2) is 4.98 Å². The van der Waals surface area contributed by atoms with E-state index in [9.17, 15) is 4.79 Å². The van der Waals surface area contributed by atoms with E-state index in [0.29, 0.717) is 15.7 Å². The molecule has 0 atom stereocenters. The monoisotopic (exact) mass is 316 g/mol. The second-order valence-corrected chi connectivity index (χ2v) is 5.15. The van der Waals surface area contributed by atoms with Crippen LogP contribution in [0.2, 0.25) is 5.02 Å². The van der Waals surface area contributed by atoms with Crippen LogP contribution in [-0.4, -0.2) is 10.9 Å². The molecule has 2 heterocycles. The van der Waals surface area contributed by atoms with E-state index in [4.69, 9.17) is 11.6 Å². The van der Waals surface area contributed by atoms with Crippen LogP contribution in [0.5, 0.6) is 0 Å². The van der Waals surface area contributed by atoms with Gasteiger partial charge in [0, 0.05) is 10.7 Å². The molecule has 0 bridgehead atoms. The van der Waals surface area contributed by atoms with Gasteiger partial charge in [-0.15, -0.1) is 11.3 Å². The van der Waals surface area contributed by atoms with Gasteiger partial charge in [-0.3, -0.25) is 4.79 Å². The van der Waals surface area contributed by atoms with E-state index in [-0.39, 0.29) is 5.91 Å². The highest BCUT2D eigenvalue weighted by molar-refractivity contribution is 9.10. The Hall–Kier alpha value is -0.910. The van der Waals surface area contributed by atoms with Gasteiger partial charge in [0.15, 0.2) is 0 Å².